The van der Waals surface area contributed by atoms with Gasteiger partial charge in [0, 0.05) is 25.7 Å². The summed E-state index contributed by atoms with van der Waals surface area (Å²) in [5.74, 6) is 0. The van der Waals surface area contributed by atoms with E-state index in [9.17, 15) is 0 Å². The lowest BCUT2D eigenvalue weighted by atomic mass is 9.94. The number of hydrogen-bond donors (Lipinski definition) is 8. The zero-order valence-corrected chi connectivity index (χ0v) is 21.4. The Bertz CT molecular complexity index is 1240. The van der Waals surface area contributed by atoms with E-state index in [2.05, 4.69) is 20.0 Å². The van der Waals surface area contributed by atoms with Gasteiger partial charge < -0.3 is 43.3 Å². The quantitative estimate of drug-likeness (QED) is 0.214. The van der Waals surface area contributed by atoms with Gasteiger partial charge in [0.2, 0.25) is 0 Å². The van der Waals surface area contributed by atoms with Crippen LogP contribution in [0.4, 0.5) is 0 Å². The van der Waals surface area contributed by atoms with Gasteiger partial charge in [-0.15, -0.1) is 24.8 Å². The molecule has 0 aromatic rings. The topological polar surface area (TPSA) is 240 Å². The molecule has 0 aromatic carbocycles. The van der Waals surface area contributed by atoms with E-state index in [1.54, 1.807) is 0 Å². The first-order chi connectivity index (χ1) is 17.1. The summed E-state index contributed by atoms with van der Waals surface area (Å²) in [6.45, 7) is 0. The van der Waals surface area contributed by atoms with Crippen molar-refractivity contribution < 1.29 is 0 Å². The van der Waals surface area contributed by atoms with E-state index in [-0.39, 0.29) is 142 Å². The standard InChI is InChI=1S/C24H20N12.2ClH/c25-9-1-10(26)18-5-17(9)33-19-6-21(13(29)2-11(19)27)35-23-8-24(16(32)4-15(23)31)36-22-7-20(34-18)12(28)3-14(22)30;;/h5-8,25-32H,1-4H2;2*1H. The maximum atomic E-state index is 8.32. The highest BCUT2D eigenvalue weighted by Gasteiger charge is 2.27. The monoisotopic (exact) mass is 548 g/mol. The number of aliphatic imine (C=N–C) groups is 4. The van der Waals surface area contributed by atoms with E-state index in [1.165, 1.54) is 24.3 Å². The zero-order chi connectivity index (χ0) is 25.7. The maximum Gasteiger partial charge on any atom is 0.0871 e. The molecule has 0 saturated carbocycles. The van der Waals surface area contributed by atoms with Gasteiger partial charge in [0.1, 0.15) is 0 Å². The first-order valence-electron chi connectivity index (χ1n) is 10.9. The minimum Gasteiger partial charge on any atom is -0.303 e. The Morgan fingerprint density at radius 2 is 0.526 bits per heavy atom. The molecule has 14 heteroatoms. The van der Waals surface area contributed by atoms with E-state index >= 15 is 0 Å². The van der Waals surface area contributed by atoms with Crippen LogP contribution in [0.1, 0.15) is 25.7 Å². The van der Waals surface area contributed by atoms with Gasteiger partial charge >= 0.3 is 0 Å². The molecule has 0 fully saturated rings. The van der Waals surface area contributed by atoms with Gasteiger partial charge in [0.05, 0.1) is 91.3 Å². The van der Waals surface area contributed by atoms with Crippen LogP contribution >= 0.6 is 24.8 Å². The van der Waals surface area contributed by atoms with Crippen LogP contribution in [0.15, 0.2) is 67.1 Å². The van der Waals surface area contributed by atoms with Gasteiger partial charge in [-0.25, -0.2) is 20.0 Å². The van der Waals surface area contributed by atoms with Gasteiger partial charge in [-0.1, -0.05) is 0 Å². The van der Waals surface area contributed by atoms with Crippen molar-refractivity contribution in [3.63, 3.8) is 0 Å². The molecule has 192 valence electrons. The van der Waals surface area contributed by atoms with Crippen molar-refractivity contribution in [3.05, 3.63) is 47.1 Å². The SMILES string of the molecule is Cl.Cl.N=C1CC(=N)C2=NC3=CC(=NC4=CC(=NC5=CC(=NC1=C2)C(=N)CC5=N)C(=N)CC4=N)C(=N)CC3=N. The Kier molecular flexibility index (Phi) is 7.79. The fourth-order valence-corrected chi connectivity index (χ4v) is 3.96. The molecular weight excluding hydrogens is 527 g/mol. The first-order valence-corrected chi connectivity index (χ1v) is 10.9. The minimum absolute atomic E-state index is 0. The van der Waals surface area contributed by atoms with Crippen molar-refractivity contribution in [1.29, 1.82) is 43.3 Å². The molecule has 0 spiro atoms. The molecule has 5 rings (SSSR count). The molecule has 12 nitrogen and oxygen atoms in total. The van der Waals surface area contributed by atoms with Crippen LogP contribution in [0.5, 0.6) is 0 Å². The highest BCUT2D eigenvalue weighted by molar-refractivity contribution is 6.56. The Labute approximate surface area is 229 Å². The van der Waals surface area contributed by atoms with E-state index in [0.717, 1.165) is 0 Å². The number of allylic oxidation sites excluding steroid dienone is 8. The average Bonchev–Trinajstić information content (AvgIpc) is 2.79. The van der Waals surface area contributed by atoms with Gasteiger partial charge in [0.25, 0.3) is 0 Å². The third-order valence-corrected chi connectivity index (χ3v) is 5.95. The Hall–Kier alpha value is -4.42. The molecule has 8 N–H and O–H groups in total. The first kappa shape index (κ1) is 28.2. The smallest absolute Gasteiger partial charge is 0.0871 e. The Morgan fingerprint density at radius 1 is 0.342 bits per heavy atom. The van der Waals surface area contributed by atoms with Crippen molar-refractivity contribution in [2.75, 3.05) is 0 Å². The maximum absolute atomic E-state index is 8.32. The normalized spacial score (nSPS) is 21.5. The van der Waals surface area contributed by atoms with Gasteiger partial charge in [-0.2, -0.15) is 0 Å². The van der Waals surface area contributed by atoms with Crippen LogP contribution in [-0.4, -0.2) is 68.5 Å². The van der Waals surface area contributed by atoms with Crippen LogP contribution in [0, 0.1) is 43.3 Å². The number of nitrogens with one attached hydrogen (secondary N) is 8. The van der Waals surface area contributed by atoms with Gasteiger partial charge in [-0.3, -0.25) is 0 Å². The number of rotatable bonds is 0. The van der Waals surface area contributed by atoms with Crippen LogP contribution in [0.25, 0.3) is 0 Å². The van der Waals surface area contributed by atoms with E-state index in [0.29, 0.717) is 0 Å². The van der Waals surface area contributed by atoms with Gasteiger partial charge in [0.15, 0.2) is 0 Å². The second-order valence-corrected chi connectivity index (χ2v) is 8.64. The second-order valence-electron chi connectivity index (χ2n) is 8.64. The molecule has 0 amide bonds. The summed E-state index contributed by atoms with van der Waals surface area (Å²) in [6, 6.07) is 0. The summed E-state index contributed by atoms with van der Waals surface area (Å²) in [4.78, 5) is 17.9. The molecule has 0 unspecified atom stereocenters. The molecule has 0 radical (unpaired) electrons. The summed E-state index contributed by atoms with van der Waals surface area (Å²) in [5.41, 5.74) is 2.43. The molecule has 0 atom stereocenters. The number of nitrogens with zero attached hydrogens (tertiary/aromatic N) is 4. The molecule has 4 aliphatic carbocycles. The molecule has 1 heterocycles. The Balaban J connectivity index is 0.00000200. The lowest BCUT2D eigenvalue weighted by molar-refractivity contribution is 1.25. The lowest BCUT2D eigenvalue weighted by Gasteiger charge is -2.21. The second kappa shape index (κ2) is 10.5. The predicted molar refractivity (Wildman–Crippen MR) is 157 cm³/mol. The van der Waals surface area contributed by atoms with Crippen molar-refractivity contribution in [2.24, 2.45) is 20.0 Å². The molecule has 38 heavy (non-hydrogen) atoms. The Morgan fingerprint density at radius 3 is 0.711 bits per heavy atom. The van der Waals surface area contributed by atoms with Crippen LogP contribution in [-0.2, 0) is 0 Å². The number of fused-ring (bicyclic) bond motifs is 4. The molecule has 5 aliphatic rings. The van der Waals surface area contributed by atoms with Gasteiger partial charge in [-0.05, 0) is 24.3 Å². The van der Waals surface area contributed by atoms with Crippen molar-refractivity contribution in [1.82, 2.24) is 0 Å². The molecule has 1 aliphatic heterocycles. The van der Waals surface area contributed by atoms with E-state index in [4.69, 9.17) is 43.3 Å². The third kappa shape index (κ3) is 5.17. The number of halogens is 2. The molecular formula is C24H22Cl2N12. The molecule has 8 bridgehead atoms. The highest BCUT2D eigenvalue weighted by atomic mass is 35.5. The van der Waals surface area contributed by atoms with Crippen LogP contribution in [0.3, 0.4) is 0 Å². The fraction of sp³-hybridized carbons (Fsp3) is 0.167. The van der Waals surface area contributed by atoms with Crippen molar-refractivity contribution >= 4 is 93.4 Å². The van der Waals surface area contributed by atoms with Crippen molar-refractivity contribution in [2.45, 2.75) is 25.7 Å². The molecule has 0 saturated heterocycles. The van der Waals surface area contributed by atoms with Crippen molar-refractivity contribution in [3.8, 4) is 0 Å². The average molecular weight is 549 g/mol. The summed E-state index contributed by atoms with van der Waals surface area (Å²) < 4.78 is 0. The molecule has 0 aromatic heterocycles. The summed E-state index contributed by atoms with van der Waals surface area (Å²) in [6.07, 6.45) is 5.76. The summed E-state index contributed by atoms with van der Waals surface area (Å²) in [5, 5.41) is 66.6. The minimum atomic E-state index is -0.0257. The fourth-order valence-electron chi connectivity index (χ4n) is 3.96. The van der Waals surface area contributed by atoms with E-state index < -0.39 is 0 Å². The van der Waals surface area contributed by atoms with E-state index in [1.807, 2.05) is 0 Å². The lowest BCUT2D eigenvalue weighted by Crippen LogP contribution is -2.29. The third-order valence-electron chi connectivity index (χ3n) is 5.95. The zero-order valence-electron chi connectivity index (χ0n) is 19.7. The predicted octanol–water partition coefficient (Wildman–Crippen LogP) is 3.92. The summed E-state index contributed by atoms with van der Waals surface area (Å²) in [7, 11) is 0. The number of hydrogen-bond acceptors (Lipinski definition) is 12. The van der Waals surface area contributed by atoms with Crippen LogP contribution < -0.4 is 0 Å². The highest BCUT2D eigenvalue weighted by Crippen LogP contribution is 2.22. The summed E-state index contributed by atoms with van der Waals surface area (Å²) >= 11 is 0. The largest absolute Gasteiger partial charge is 0.303 e. The van der Waals surface area contributed by atoms with Crippen LogP contribution in [0.2, 0.25) is 0 Å².